The Hall–Kier alpha value is -2.60. The van der Waals surface area contributed by atoms with E-state index in [0.29, 0.717) is 17.7 Å². The Kier molecular flexibility index (Phi) is 5.42. The van der Waals surface area contributed by atoms with Crippen LogP contribution in [0.2, 0.25) is 0 Å². The van der Waals surface area contributed by atoms with Crippen LogP contribution in [0.5, 0.6) is 5.75 Å². The molecule has 136 valence electrons. The van der Waals surface area contributed by atoms with Gasteiger partial charge in [0.25, 0.3) is 10.0 Å². The lowest BCUT2D eigenvalue weighted by atomic mass is 10.0. The third-order valence-corrected chi connectivity index (χ3v) is 5.38. The van der Waals surface area contributed by atoms with Crippen LogP contribution < -0.4 is 9.84 Å². The third-order valence-electron chi connectivity index (χ3n) is 4.13. The second kappa shape index (κ2) is 7.74. The summed E-state index contributed by atoms with van der Waals surface area (Å²) in [4.78, 5) is 0.143. The summed E-state index contributed by atoms with van der Waals surface area (Å²) in [5.74, 6) is 0.584. The lowest BCUT2D eigenvalue weighted by Crippen LogP contribution is -2.22. The highest BCUT2D eigenvalue weighted by molar-refractivity contribution is 7.90. The first-order chi connectivity index (χ1) is 12.4. The maximum absolute atomic E-state index is 12.4. The van der Waals surface area contributed by atoms with Crippen molar-refractivity contribution in [3.8, 4) is 5.75 Å². The quantitative estimate of drug-likeness (QED) is 0.758. The normalized spacial score (nSPS) is 17.9. The topological polar surface area (TPSA) is 78.8 Å². The average Bonchev–Trinajstić information content (AvgIpc) is 2.61. The summed E-state index contributed by atoms with van der Waals surface area (Å²) in [7, 11) is -3.78. The van der Waals surface area contributed by atoms with E-state index in [2.05, 4.69) is 4.40 Å². The number of benzene rings is 2. The summed E-state index contributed by atoms with van der Waals surface area (Å²) in [6.07, 6.45) is 4.68. The molecule has 5 nitrogen and oxygen atoms in total. The fourth-order valence-corrected chi connectivity index (χ4v) is 3.55. The highest BCUT2D eigenvalue weighted by Gasteiger charge is 2.14. The van der Waals surface area contributed by atoms with Crippen LogP contribution in [0, 0.1) is 6.92 Å². The second-order valence-corrected chi connectivity index (χ2v) is 7.87. The van der Waals surface area contributed by atoms with Crippen molar-refractivity contribution in [2.45, 2.75) is 37.2 Å². The van der Waals surface area contributed by atoms with Crippen molar-refractivity contribution in [3.05, 3.63) is 71.5 Å². The number of sulfonamides is 1. The number of para-hydroxylation sites is 1. The van der Waals surface area contributed by atoms with E-state index in [1.54, 1.807) is 42.5 Å². The Morgan fingerprint density at radius 1 is 1.15 bits per heavy atom. The summed E-state index contributed by atoms with van der Waals surface area (Å²) in [5, 5.41) is 11.5. The molecule has 0 amide bonds. The zero-order chi connectivity index (χ0) is 18.6. The molecule has 0 saturated carbocycles. The fourth-order valence-electron chi connectivity index (χ4n) is 2.70. The van der Waals surface area contributed by atoms with Gasteiger partial charge >= 0.3 is 0 Å². The van der Waals surface area contributed by atoms with Crippen LogP contribution >= 0.6 is 0 Å². The summed E-state index contributed by atoms with van der Waals surface area (Å²) in [5.41, 5.74) is 1.53. The lowest BCUT2D eigenvalue weighted by molar-refractivity contribution is -0.309. The highest BCUT2D eigenvalue weighted by atomic mass is 32.2. The van der Waals surface area contributed by atoms with Gasteiger partial charge in [0.2, 0.25) is 0 Å². The first-order valence-corrected chi connectivity index (χ1v) is 9.88. The molecule has 26 heavy (non-hydrogen) atoms. The van der Waals surface area contributed by atoms with Gasteiger partial charge in [-0.3, -0.25) is 0 Å². The van der Waals surface area contributed by atoms with Crippen LogP contribution in [0.4, 0.5) is 0 Å². The molecular formula is C20H20NO4S-. The number of rotatable bonds is 5. The smallest absolute Gasteiger partial charge is 0.282 e. The summed E-state index contributed by atoms with van der Waals surface area (Å²) in [6, 6.07) is 13.6. The summed E-state index contributed by atoms with van der Waals surface area (Å²) < 4.78 is 34.4. The van der Waals surface area contributed by atoms with E-state index >= 15 is 0 Å². The zero-order valence-corrected chi connectivity index (χ0v) is 15.3. The van der Waals surface area contributed by atoms with E-state index in [-0.39, 0.29) is 16.8 Å². The number of hydrogen-bond donors (Lipinski definition) is 0. The van der Waals surface area contributed by atoms with Gasteiger partial charge in [-0.1, -0.05) is 35.9 Å². The van der Waals surface area contributed by atoms with Crippen molar-refractivity contribution >= 4 is 16.2 Å². The molecule has 0 aromatic heterocycles. The van der Waals surface area contributed by atoms with E-state index in [0.717, 1.165) is 18.4 Å². The summed E-state index contributed by atoms with van der Waals surface area (Å²) >= 11 is 0. The molecule has 0 spiro atoms. The Labute approximate surface area is 153 Å². The van der Waals surface area contributed by atoms with Gasteiger partial charge in [0.1, 0.15) is 11.9 Å². The third kappa shape index (κ3) is 4.52. The van der Waals surface area contributed by atoms with Gasteiger partial charge in [-0.25, -0.2) is 0 Å². The van der Waals surface area contributed by atoms with Gasteiger partial charge in [0.15, 0.2) is 0 Å². The van der Waals surface area contributed by atoms with Gasteiger partial charge in [-0.2, -0.15) is 12.8 Å². The molecule has 1 atom stereocenters. The molecule has 6 heteroatoms. The van der Waals surface area contributed by atoms with Crippen LogP contribution in [-0.4, -0.2) is 20.7 Å². The Morgan fingerprint density at radius 3 is 2.62 bits per heavy atom. The Morgan fingerprint density at radius 2 is 1.88 bits per heavy atom. The van der Waals surface area contributed by atoms with E-state index in [1.807, 2.05) is 6.92 Å². The van der Waals surface area contributed by atoms with Crippen LogP contribution in [0.3, 0.4) is 0 Å². The maximum atomic E-state index is 12.4. The van der Waals surface area contributed by atoms with E-state index in [4.69, 9.17) is 4.74 Å². The minimum atomic E-state index is -3.78. The molecule has 0 bridgehead atoms. The molecule has 0 heterocycles. The van der Waals surface area contributed by atoms with Gasteiger partial charge in [-0.05, 0) is 50.5 Å². The van der Waals surface area contributed by atoms with Crippen molar-refractivity contribution in [1.29, 1.82) is 0 Å². The number of hydrogen-bond acceptors (Lipinski definition) is 4. The first kappa shape index (κ1) is 18.2. The van der Waals surface area contributed by atoms with E-state index < -0.39 is 10.0 Å². The minimum absolute atomic E-state index is 0.0781. The molecule has 1 aliphatic rings. The van der Waals surface area contributed by atoms with E-state index in [1.165, 1.54) is 18.3 Å². The van der Waals surface area contributed by atoms with Gasteiger partial charge in [0.05, 0.1) is 11.1 Å². The van der Waals surface area contributed by atoms with E-state index in [9.17, 15) is 13.5 Å². The molecule has 1 aliphatic carbocycles. The molecule has 0 aliphatic heterocycles. The largest absolute Gasteiger partial charge is 0.876 e. The predicted molar refractivity (Wildman–Crippen MR) is 98.8 cm³/mol. The molecule has 1 unspecified atom stereocenters. The van der Waals surface area contributed by atoms with Crippen LogP contribution in [0.1, 0.15) is 30.4 Å². The standard InChI is InChI=1S/C20H21NO4S/c1-15-9-11-19(12-10-15)26(23,24)21-14-16-5-2-3-8-20(16)25-18-7-4-6-17(22)13-18/h2-3,5,8-14,18,22H,4,6-7H2,1H3/p-1/b21-14-. The second-order valence-electron chi connectivity index (χ2n) is 6.24. The molecule has 0 fully saturated rings. The molecule has 2 aromatic rings. The molecular weight excluding hydrogens is 350 g/mol. The highest BCUT2D eigenvalue weighted by Crippen LogP contribution is 2.23. The molecule has 0 radical (unpaired) electrons. The van der Waals surface area contributed by atoms with Crippen molar-refractivity contribution in [2.75, 3.05) is 0 Å². The monoisotopic (exact) mass is 370 g/mol. The number of allylic oxidation sites excluding steroid dienone is 1. The van der Waals surface area contributed by atoms with Gasteiger partial charge in [0, 0.05) is 5.56 Å². The number of nitrogens with zero attached hydrogens (tertiary/aromatic N) is 1. The Balaban J connectivity index is 1.82. The maximum Gasteiger partial charge on any atom is 0.282 e. The van der Waals surface area contributed by atoms with Gasteiger partial charge < -0.3 is 9.84 Å². The van der Waals surface area contributed by atoms with Gasteiger partial charge in [-0.15, -0.1) is 5.76 Å². The fraction of sp³-hybridized carbons (Fsp3) is 0.250. The Bertz CT molecular complexity index is 931. The molecule has 0 saturated heterocycles. The van der Waals surface area contributed by atoms with Crippen molar-refractivity contribution < 1.29 is 18.3 Å². The lowest BCUT2D eigenvalue weighted by Gasteiger charge is -2.25. The van der Waals surface area contributed by atoms with Crippen molar-refractivity contribution in [3.63, 3.8) is 0 Å². The van der Waals surface area contributed by atoms with Crippen molar-refractivity contribution in [1.82, 2.24) is 0 Å². The number of aryl methyl sites for hydroxylation is 1. The van der Waals surface area contributed by atoms with Crippen LogP contribution in [-0.2, 0) is 10.0 Å². The zero-order valence-electron chi connectivity index (χ0n) is 14.5. The SMILES string of the molecule is Cc1ccc(S(=O)(=O)/N=C\c2ccccc2OC2C=C([O-])CCC2)cc1. The predicted octanol–water partition coefficient (Wildman–Crippen LogP) is 2.98. The van der Waals surface area contributed by atoms with Crippen molar-refractivity contribution in [2.24, 2.45) is 4.40 Å². The minimum Gasteiger partial charge on any atom is -0.876 e. The van der Waals surface area contributed by atoms with Crippen LogP contribution in [0.15, 0.2) is 69.7 Å². The average molecular weight is 370 g/mol. The molecule has 2 aromatic carbocycles. The molecule has 3 rings (SSSR count). The first-order valence-electron chi connectivity index (χ1n) is 8.44. The number of ether oxygens (including phenoxy) is 1. The van der Waals surface area contributed by atoms with Crippen LogP contribution in [0.25, 0.3) is 0 Å². The summed E-state index contributed by atoms with van der Waals surface area (Å²) in [6.45, 7) is 1.89. The molecule has 0 N–H and O–H groups in total.